The zero-order valence-electron chi connectivity index (χ0n) is 10.9. The second-order valence-electron chi connectivity index (χ2n) is 4.45. The lowest BCUT2D eigenvalue weighted by Gasteiger charge is -2.24. The molecule has 0 atom stereocenters. The van der Waals surface area contributed by atoms with Crippen molar-refractivity contribution in [1.29, 1.82) is 0 Å². The maximum atomic E-state index is 13.6. The lowest BCUT2D eigenvalue weighted by molar-refractivity contribution is 0.625. The molecule has 2 aromatic rings. The average Bonchev–Trinajstić information content (AvgIpc) is 2.45. The molecule has 100 valence electrons. The number of benzene rings is 2. The van der Waals surface area contributed by atoms with Crippen molar-refractivity contribution in [1.82, 2.24) is 0 Å². The van der Waals surface area contributed by atoms with Crippen molar-refractivity contribution in [3.8, 4) is 0 Å². The van der Waals surface area contributed by atoms with E-state index in [1.54, 1.807) is 6.07 Å². The van der Waals surface area contributed by atoms with Gasteiger partial charge in [-0.05, 0) is 36.2 Å². The van der Waals surface area contributed by atoms with Gasteiger partial charge in [-0.2, -0.15) is 0 Å². The molecule has 0 aromatic heterocycles. The maximum Gasteiger partial charge on any atom is 0.125 e. The third kappa shape index (κ3) is 3.71. The van der Waals surface area contributed by atoms with Gasteiger partial charge < -0.3 is 4.90 Å². The predicted octanol–water partition coefficient (Wildman–Crippen LogP) is 4.59. The lowest BCUT2D eigenvalue weighted by Crippen LogP contribution is -2.22. The van der Waals surface area contributed by atoms with Gasteiger partial charge in [-0.15, -0.1) is 11.6 Å². The Morgan fingerprint density at radius 3 is 2.42 bits per heavy atom. The molecule has 0 radical (unpaired) electrons. The van der Waals surface area contributed by atoms with Gasteiger partial charge >= 0.3 is 0 Å². The summed E-state index contributed by atoms with van der Waals surface area (Å²) in [6.07, 6.45) is 0. The molecule has 0 spiro atoms. The molecule has 0 fully saturated rings. The Kier molecular flexibility index (Phi) is 4.80. The van der Waals surface area contributed by atoms with Gasteiger partial charge in [0.2, 0.25) is 0 Å². The summed E-state index contributed by atoms with van der Waals surface area (Å²) in [6, 6.07) is 15.2. The quantitative estimate of drug-likeness (QED) is 0.723. The minimum atomic E-state index is -0.236. The Hall–Kier alpha value is -1.54. The molecule has 2 aromatic carbocycles. The molecule has 0 aliphatic rings. The van der Waals surface area contributed by atoms with Crippen LogP contribution in [0.15, 0.2) is 48.5 Å². The van der Waals surface area contributed by atoms with Crippen LogP contribution < -0.4 is 4.90 Å². The van der Waals surface area contributed by atoms with Crippen molar-refractivity contribution in [2.45, 2.75) is 19.3 Å². The Bertz CT molecular complexity index is 528. The smallest absolute Gasteiger partial charge is 0.125 e. The minimum Gasteiger partial charge on any atom is -0.367 e. The highest BCUT2D eigenvalue weighted by Crippen LogP contribution is 2.21. The van der Waals surface area contributed by atoms with Crippen LogP contribution in [0.4, 0.5) is 10.1 Å². The van der Waals surface area contributed by atoms with Gasteiger partial charge in [-0.25, -0.2) is 4.39 Å². The van der Waals surface area contributed by atoms with Crippen LogP contribution in [0.25, 0.3) is 0 Å². The number of halogens is 2. The fourth-order valence-corrected chi connectivity index (χ4v) is 2.24. The first-order valence-electron chi connectivity index (χ1n) is 6.37. The number of hydrogen-bond donors (Lipinski definition) is 0. The van der Waals surface area contributed by atoms with E-state index >= 15 is 0 Å². The summed E-state index contributed by atoms with van der Waals surface area (Å²) < 4.78 is 13.6. The summed E-state index contributed by atoms with van der Waals surface area (Å²) in [5.74, 6) is 0.0906. The first kappa shape index (κ1) is 13.9. The van der Waals surface area contributed by atoms with Gasteiger partial charge in [0.1, 0.15) is 5.82 Å². The fourth-order valence-electron chi connectivity index (χ4n) is 2.08. The number of anilines is 1. The fraction of sp³-hybridized carbons (Fsp3) is 0.250. The molecule has 0 saturated heterocycles. The molecule has 19 heavy (non-hydrogen) atoms. The summed E-state index contributed by atoms with van der Waals surface area (Å²) in [5.41, 5.74) is 2.89. The Morgan fingerprint density at radius 1 is 1.05 bits per heavy atom. The normalized spacial score (nSPS) is 10.5. The Balaban J connectivity index is 2.24. The van der Waals surface area contributed by atoms with Crippen molar-refractivity contribution in [3.05, 3.63) is 65.5 Å². The first-order valence-corrected chi connectivity index (χ1v) is 6.90. The van der Waals surface area contributed by atoms with Gasteiger partial charge in [-0.1, -0.05) is 30.3 Å². The highest BCUT2D eigenvalue weighted by Gasteiger charge is 2.08. The molecule has 1 nitrogen and oxygen atoms in total. The van der Waals surface area contributed by atoms with E-state index in [-0.39, 0.29) is 5.82 Å². The van der Waals surface area contributed by atoms with E-state index in [0.29, 0.717) is 5.88 Å². The number of hydrogen-bond acceptors (Lipinski definition) is 1. The van der Waals surface area contributed by atoms with Crippen LogP contribution in [-0.4, -0.2) is 6.54 Å². The molecule has 0 amide bonds. The highest BCUT2D eigenvalue weighted by molar-refractivity contribution is 6.17. The first-order chi connectivity index (χ1) is 9.22. The van der Waals surface area contributed by atoms with Crippen molar-refractivity contribution in [2.24, 2.45) is 0 Å². The van der Waals surface area contributed by atoms with Crippen molar-refractivity contribution < 1.29 is 4.39 Å². The summed E-state index contributed by atoms with van der Waals surface area (Å²) in [6.45, 7) is 3.65. The molecule has 0 aliphatic carbocycles. The van der Waals surface area contributed by atoms with E-state index in [4.69, 9.17) is 11.6 Å². The summed E-state index contributed by atoms with van der Waals surface area (Å²) in [7, 11) is 0. The zero-order valence-corrected chi connectivity index (χ0v) is 11.7. The topological polar surface area (TPSA) is 3.24 Å². The Morgan fingerprint density at radius 2 is 1.79 bits per heavy atom. The maximum absolute atomic E-state index is 13.6. The van der Waals surface area contributed by atoms with E-state index in [1.807, 2.05) is 24.3 Å². The van der Waals surface area contributed by atoms with E-state index in [0.717, 1.165) is 24.3 Å². The molecule has 3 heteroatoms. The molecule has 2 rings (SSSR count). The van der Waals surface area contributed by atoms with Crippen LogP contribution in [0.1, 0.15) is 18.1 Å². The summed E-state index contributed by atoms with van der Waals surface area (Å²) in [4.78, 5) is 2.13. The van der Waals surface area contributed by atoms with Crippen LogP contribution >= 0.6 is 11.6 Å². The SMILES string of the molecule is CCN(Cc1ccccc1)c1cc(F)cc(CCl)c1. The van der Waals surface area contributed by atoms with Gasteiger partial charge in [0.15, 0.2) is 0 Å². The van der Waals surface area contributed by atoms with E-state index in [1.165, 1.54) is 11.6 Å². The molecule has 0 bridgehead atoms. The van der Waals surface area contributed by atoms with Crippen molar-refractivity contribution in [3.63, 3.8) is 0 Å². The van der Waals surface area contributed by atoms with Crippen LogP contribution in [-0.2, 0) is 12.4 Å². The van der Waals surface area contributed by atoms with Gasteiger partial charge in [0.05, 0.1) is 0 Å². The number of rotatable bonds is 5. The van der Waals surface area contributed by atoms with Crippen LogP contribution in [0.2, 0.25) is 0 Å². The van der Waals surface area contributed by atoms with Gasteiger partial charge in [0.25, 0.3) is 0 Å². The van der Waals surface area contributed by atoms with Gasteiger partial charge in [-0.3, -0.25) is 0 Å². The van der Waals surface area contributed by atoms with Crippen LogP contribution in [0, 0.1) is 5.82 Å². The molecule has 0 heterocycles. The van der Waals surface area contributed by atoms with Gasteiger partial charge in [0, 0.05) is 24.7 Å². The Labute approximate surface area is 118 Å². The van der Waals surface area contributed by atoms with Crippen LogP contribution in [0.5, 0.6) is 0 Å². The lowest BCUT2D eigenvalue weighted by atomic mass is 10.1. The largest absolute Gasteiger partial charge is 0.367 e. The van der Waals surface area contributed by atoms with Crippen molar-refractivity contribution in [2.75, 3.05) is 11.4 Å². The third-order valence-corrected chi connectivity index (χ3v) is 3.37. The molecule has 0 unspecified atom stereocenters. The minimum absolute atomic E-state index is 0.236. The molecule has 0 aliphatic heterocycles. The number of alkyl halides is 1. The summed E-state index contributed by atoms with van der Waals surface area (Å²) in [5, 5.41) is 0. The van der Waals surface area contributed by atoms with Crippen molar-refractivity contribution >= 4 is 17.3 Å². The van der Waals surface area contributed by atoms with Crippen LogP contribution in [0.3, 0.4) is 0 Å². The predicted molar refractivity (Wildman–Crippen MR) is 79.1 cm³/mol. The standard InChI is InChI=1S/C16H17ClFN/c1-2-19(12-13-6-4-3-5-7-13)16-9-14(11-17)8-15(18)10-16/h3-10H,2,11-12H2,1H3. The molecular formula is C16H17ClFN. The van der Waals surface area contributed by atoms with E-state index < -0.39 is 0 Å². The third-order valence-electron chi connectivity index (χ3n) is 3.06. The highest BCUT2D eigenvalue weighted by atomic mass is 35.5. The van der Waals surface area contributed by atoms with E-state index in [9.17, 15) is 4.39 Å². The monoisotopic (exact) mass is 277 g/mol. The second kappa shape index (κ2) is 6.58. The molecule has 0 N–H and O–H groups in total. The average molecular weight is 278 g/mol. The van der Waals surface area contributed by atoms with E-state index in [2.05, 4.69) is 24.0 Å². The zero-order chi connectivity index (χ0) is 13.7. The summed E-state index contributed by atoms with van der Waals surface area (Å²) >= 11 is 5.79. The second-order valence-corrected chi connectivity index (χ2v) is 4.72. The molecule has 0 saturated carbocycles. The number of nitrogens with zero attached hydrogens (tertiary/aromatic N) is 1. The molecular weight excluding hydrogens is 261 g/mol.